The summed E-state index contributed by atoms with van der Waals surface area (Å²) < 4.78 is 47.4. The number of carbonyl (C=O) groups is 3. The van der Waals surface area contributed by atoms with Gasteiger partial charge in [0, 0.05) is 43.6 Å². The van der Waals surface area contributed by atoms with E-state index in [1.807, 2.05) is 0 Å². The average Bonchev–Trinajstić information content (AvgIpc) is 3.36. The van der Waals surface area contributed by atoms with Crippen molar-refractivity contribution in [3.63, 3.8) is 0 Å². The molecule has 1 saturated heterocycles. The first-order valence-corrected chi connectivity index (χ1v) is 15.9. The number of aromatic nitrogens is 3. The molecule has 1 saturated carbocycles. The monoisotopic (exact) mass is 704 g/mol. The number of likely N-dealkylation sites (tertiary alicyclic amines) is 1. The topological polar surface area (TPSA) is 150 Å². The Morgan fingerprint density at radius 1 is 1.24 bits per heavy atom. The normalized spacial score (nSPS) is 21.8. The number of amides is 3. The van der Waals surface area contributed by atoms with Crippen molar-refractivity contribution in [2.75, 3.05) is 20.1 Å². The highest BCUT2D eigenvalue weighted by atomic mass is 35.5. The van der Waals surface area contributed by atoms with Crippen LogP contribution in [0.4, 0.5) is 18.0 Å². The third-order valence-electron chi connectivity index (χ3n) is 8.87. The summed E-state index contributed by atoms with van der Waals surface area (Å²) in [4.78, 5) is 46.7. The fourth-order valence-electron chi connectivity index (χ4n) is 6.00. The first-order valence-electron chi connectivity index (χ1n) is 15.6. The Hall–Kier alpha value is -4.63. The molecule has 2 aliphatic rings. The van der Waals surface area contributed by atoms with Gasteiger partial charge >= 0.3 is 18.2 Å². The lowest BCUT2D eigenvalue weighted by atomic mass is 10.1. The Balaban J connectivity index is 1.48. The van der Waals surface area contributed by atoms with Crippen LogP contribution in [0.2, 0.25) is 5.02 Å². The number of nitrogens with one attached hydrogen (secondary N) is 1. The summed E-state index contributed by atoms with van der Waals surface area (Å²) in [7, 11) is 1.62. The fraction of sp³-hybridized carbons (Fsp3) is 0.424. The van der Waals surface area contributed by atoms with Crippen LogP contribution in [-0.4, -0.2) is 90.5 Å². The molecule has 3 aromatic rings. The van der Waals surface area contributed by atoms with Crippen LogP contribution in [0.25, 0.3) is 16.7 Å². The quantitative estimate of drug-likeness (QED) is 0.167. The number of hydrogen-bond acceptors (Lipinski definition) is 7. The largest absolute Gasteiger partial charge is 0.488 e. The van der Waals surface area contributed by atoms with Gasteiger partial charge in [-0.05, 0) is 43.4 Å². The van der Waals surface area contributed by atoms with Crippen LogP contribution in [0, 0.1) is 5.92 Å². The minimum atomic E-state index is -4.71. The number of fused-ring (bicyclic) bond motifs is 1. The molecule has 1 aliphatic heterocycles. The van der Waals surface area contributed by atoms with E-state index in [2.05, 4.69) is 28.6 Å². The summed E-state index contributed by atoms with van der Waals surface area (Å²) in [5.74, 6) is -2.01. The van der Waals surface area contributed by atoms with Crippen LogP contribution in [0.3, 0.4) is 0 Å². The molecule has 1 aromatic carbocycles. The molecular weight excluding hydrogens is 669 g/mol. The van der Waals surface area contributed by atoms with Gasteiger partial charge in [0.25, 0.3) is 0 Å². The first kappa shape index (κ1) is 35.7. The minimum Gasteiger partial charge on any atom is -0.488 e. The molecule has 3 heterocycles. The number of hydrogen-bond donors (Lipinski definition) is 3. The number of aliphatic hydroxyl groups is 1. The van der Waals surface area contributed by atoms with E-state index < -0.39 is 54.1 Å². The van der Waals surface area contributed by atoms with Crippen LogP contribution in [-0.2, 0) is 22.4 Å². The van der Waals surface area contributed by atoms with Gasteiger partial charge in [0.2, 0.25) is 5.91 Å². The number of allylic oxidation sites excluding steroid dienone is 1. The maximum Gasteiger partial charge on any atom is 0.435 e. The zero-order chi connectivity index (χ0) is 35.7. The maximum absolute atomic E-state index is 13.7. The molecule has 4 atom stereocenters. The number of ether oxygens (including phenoxy) is 1. The van der Waals surface area contributed by atoms with Crippen molar-refractivity contribution in [2.24, 2.45) is 5.92 Å². The molecule has 2 aromatic heterocycles. The van der Waals surface area contributed by atoms with E-state index in [1.165, 1.54) is 21.9 Å². The predicted octanol–water partition coefficient (Wildman–Crippen LogP) is 4.96. The van der Waals surface area contributed by atoms with Gasteiger partial charge in [-0.15, -0.1) is 13.2 Å². The molecule has 262 valence electrons. The molecule has 0 bridgehead atoms. The van der Waals surface area contributed by atoms with Crippen molar-refractivity contribution in [2.45, 2.75) is 62.6 Å². The fourth-order valence-corrected chi connectivity index (χ4v) is 6.26. The van der Waals surface area contributed by atoms with E-state index in [1.54, 1.807) is 25.3 Å². The van der Waals surface area contributed by atoms with E-state index >= 15 is 0 Å². The molecule has 0 spiro atoms. The molecule has 12 nitrogen and oxygen atoms in total. The number of nitrogens with zero attached hydrogens (tertiary/aromatic N) is 5. The van der Waals surface area contributed by atoms with Gasteiger partial charge in [-0.25, -0.2) is 19.3 Å². The zero-order valence-corrected chi connectivity index (χ0v) is 27.4. The Labute approximate surface area is 284 Å². The number of carboxylic acids is 1. The van der Waals surface area contributed by atoms with E-state index in [4.69, 9.17) is 16.3 Å². The molecule has 0 radical (unpaired) electrons. The molecule has 49 heavy (non-hydrogen) atoms. The predicted molar refractivity (Wildman–Crippen MR) is 173 cm³/mol. The van der Waals surface area contributed by atoms with Crippen LogP contribution in [0.5, 0.6) is 5.75 Å². The summed E-state index contributed by atoms with van der Waals surface area (Å²) in [5, 5.41) is 26.3. The summed E-state index contributed by atoms with van der Waals surface area (Å²) in [6.45, 7) is 7.21. The Morgan fingerprint density at radius 2 is 2.00 bits per heavy atom. The second-order valence-electron chi connectivity index (χ2n) is 12.2. The number of carbonyl (C=O) groups excluding carboxylic acids is 2. The number of benzene rings is 1. The number of aliphatic hydroxyl groups excluding tert-OH is 1. The minimum absolute atomic E-state index is 0.0236. The number of alkyl halides is 3. The molecule has 2 fully saturated rings. The van der Waals surface area contributed by atoms with E-state index in [0.717, 1.165) is 29.8 Å². The number of unbranched alkanes of at least 4 members (excludes halogenated alkanes) is 2. The highest BCUT2D eigenvalue weighted by Gasteiger charge is 2.61. The van der Waals surface area contributed by atoms with Crippen LogP contribution in [0.1, 0.15) is 43.4 Å². The van der Waals surface area contributed by atoms with Crippen molar-refractivity contribution in [3.8, 4) is 11.6 Å². The number of halogens is 4. The molecular formula is C33H36ClF3N6O6. The lowest BCUT2D eigenvalue weighted by Crippen LogP contribution is -2.55. The van der Waals surface area contributed by atoms with Crippen LogP contribution < -0.4 is 10.1 Å². The van der Waals surface area contributed by atoms with Crippen LogP contribution in [0.15, 0.2) is 55.8 Å². The molecule has 5 rings (SSSR count). The molecule has 3 N–H and O–H groups in total. The highest BCUT2D eigenvalue weighted by Crippen LogP contribution is 2.45. The Kier molecular flexibility index (Phi) is 10.2. The second-order valence-corrected chi connectivity index (χ2v) is 12.5. The van der Waals surface area contributed by atoms with Gasteiger partial charge in [0.1, 0.15) is 23.4 Å². The Morgan fingerprint density at radius 3 is 2.61 bits per heavy atom. The zero-order valence-electron chi connectivity index (χ0n) is 26.6. The van der Waals surface area contributed by atoms with E-state index in [0.29, 0.717) is 23.9 Å². The lowest BCUT2D eigenvalue weighted by molar-refractivity contribution is -0.142. The average molecular weight is 705 g/mol. The number of pyridine rings is 1. The number of urea groups is 1. The van der Waals surface area contributed by atoms with Crippen molar-refractivity contribution in [1.82, 2.24) is 29.9 Å². The van der Waals surface area contributed by atoms with Gasteiger partial charge in [-0.3, -0.25) is 4.79 Å². The second kappa shape index (κ2) is 14.1. The SMILES string of the molecule is C=CCCCCN(C)C(=O)[C@@H]1C[C@H](Oc2cc(-n3ccc(C(F)(F)F)n3)nc3c(Cl)c(CO)ccc23)CN1C(=O)N[C@]1(C(=O)O)C[C@H]1C=C. The number of rotatable bonds is 13. The molecule has 1 aliphatic carbocycles. The van der Waals surface area contributed by atoms with E-state index in [9.17, 15) is 37.8 Å². The van der Waals surface area contributed by atoms with Gasteiger partial charge < -0.3 is 30.1 Å². The molecule has 16 heteroatoms. The van der Waals surface area contributed by atoms with Gasteiger partial charge in [-0.1, -0.05) is 29.8 Å². The molecule has 0 unspecified atom stereocenters. The van der Waals surface area contributed by atoms with Crippen molar-refractivity contribution in [1.29, 1.82) is 0 Å². The summed E-state index contributed by atoms with van der Waals surface area (Å²) in [5.41, 5.74) is -2.25. The smallest absolute Gasteiger partial charge is 0.435 e. The van der Waals surface area contributed by atoms with Crippen molar-refractivity contribution < 1.29 is 42.5 Å². The van der Waals surface area contributed by atoms with Gasteiger partial charge in [-0.2, -0.15) is 18.3 Å². The molecule has 3 amide bonds. The Bertz CT molecular complexity index is 1780. The third-order valence-corrected chi connectivity index (χ3v) is 9.30. The number of carboxylic acid groups (broad SMARTS) is 1. The maximum atomic E-state index is 13.7. The summed E-state index contributed by atoms with van der Waals surface area (Å²) in [6, 6.07) is 3.52. The summed E-state index contributed by atoms with van der Waals surface area (Å²) >= 11 is 6.55. The van der Waals surface area contributed by atoms with Gasteiger partial charge in [0.05, 0.1) is 23.7 Å². The van der Waals surface area contributed by atoms with Crippen LogP contribution >= 0.6 is 11.6 Å². The van der Waals surface area contributed by atoms with Gasteiger partial charge in [0.15, 0.2) is 11.5 Å². The van der Waals surface area contributed by atoms with Crippen molar-refractivity contribution >= 4 is 40.4 Å². The highest BCUT2D eigenvalue weighted by molar-refractivity contribution is 6.36. The number of likely N-dealkylation sites (N-methyl/N-ethyl adjacent to an activating group) is 1. The lowest BCUT2D eigenvalue weighted by Gasteiger charge is -2.29. The number of aliphatic carboxylic acids is 1. The van der Waals surface area contributed by atoms with E-state index in [-0.39, 0.29) is 47.4 Å². The first-order chi connectivity index (χ1) is 23.2. The third kappa shape index (κ3) is 7.22. The van der Waals surface area contributed by atoms with Crippen molar-refractivity contribution in [3.05, 3.63) is 72.1 Å². The standard InChI is InChI=1S/C33H36ClF3N6O6/c1-4-6-7-8-12-41(3)29(45)23-14-21(17-42(23)31(48)39-32(30(46)47)16-20(32)5-2)49-24-15-26(43-13-11-25(40-43)33(35,36)37)38-28-22(24)10-9-19(18-44)27(28)34/h4-5,9-11,13,15,20-21,23,44H,1-2,6-8,12,14,16-18H2,3H3,(H,39,48)(H,46,47)/t20-,21+,23+,32-/m1/s1. The summed E-state index contributed by atoms with van der Waals surface area (Å²) in [6.07, 6.45) is 1.26.